The summed E-state index contributed by atoms with van der Waals surface area (Å²) in [4.78, 5) is 9.43. The minimum atomic E-state index is 0.00665. The molecule has 7 nitrogen and oxygen atoms in total. The lowest BCUT2D eigenvalue weighted by atomic mass is 9.95. The van der Waals surface area contributed by atoms with Gasteiger partial charge < -0.3 is 19.4 Å². The zero-order valence-corrected chi connectivity index (χ0v) is 23.0. The molecule has 0 amide bonds. The van der Waals surface area contributed by atoms with Crippen molar-refractivity contribution in [3.63, 3.8) is 0 Å². The molecule has 0 fully saturated rings. The fourth-order valence-corrected chi connectivity index (χ4v) is 4.37. The fraction of sp³-hybridized carbons (Fsp3) is 0.219. The highest BCUT2D eigenvalue weighted by molar-refractivity contribution is 5.83. The highest BCUT2D eigenvalue weighted by Crippen LogP contribution is 2.39. The second-order valence-corrected chi connectivity index (χ2v) is 9.23. The van der Waals surface area contributed by atoms with Crippen LogP contribution in [0.15, 0.2) is 66.5 Å². The Morgan fingerprint density at radius 1 is 1.18 bits per heavy atom. The molecule has 1 unspecified atom stereocenters. The first kappa shape index (κ1) is 27.0. The third kappa shape index (κ3) is 5.63. The van der Waals surface area contributed by atoms with Gasteiger partial charge in [-0.15, -0.1) is 6.42 Å². The molecule has 39 heavy (non-hydrogen) atoms. The first-order chi connectivity index (χ1) is 18.8. The van der Waals surface area contributed by atoms with Crippen molar-refractivity contribution in [2.75, 3.05) is 12.4 Å². The largest absolute Gasteiger partial charge is 0.496 e. The lowest BCUT2D eigenvalue weighted by Crippen LogP contribution is -2.05. The Labute approximate surface area is 229 Å². The van der Waals surface area contributed by atoms with E-state index in [2.05, 4.69) is 22.3 Å². The topological polar surface area (TPSA) is 85.0 Å². The SMILES string of the molecule is C#CC(C)/C=C\C(=C/C)Nc1nc(Oc2c(C)cc(-c3c(C#N)cccc3OC)cc2C)c2c(ccn2C)n1. The van der Waals surface area contributed by atoms with Crippen molar-refractivity contribution in [2.45, 2.75) is 27.7 Å². The van der Waals surface area contributed by atoms with Crippen LogP contribution in [0.5, 0.6) is 17.4 Å². The minimum Gasteiger partial charge on any atom is -0.496 e. The highest BCUT2D eigenvalue weighted by atomic mass is 16.5. The average Bonchev–Trinajstić information content (AvgIpc) is 3.32. The van der Waals surface area contributed by atoms with E-state index in [9.17, 15) is 5.26 Å². The summed E-state index contributed by atoms with van der Waals surface area (Å²) in [6.45, 7) is 7.84. The van der Waals surface area contributed by atoms with Gasteiger partial charge in [0, 0.05) is 30.4 Å². The summed E-state index contributed by atoms with van der Waals surface area (Å²) >= 11 is 0. The highest BCUT2D eigenvalue weighted by Gasteiger charge is 2.18. The van der Waals surface area contributed by atoms with Crippen LogP contribution in [-0.4, -0.2) is 21.6 Å². The number of hydrogen-bond acceptors (Lipinski definition) is 6. The average molecular weight is 518 g/mol. The Morgan fingerprint density at radius 2 is 1.92 bits per heavy atom. The van der Waals surface area contributed by atoms with Gasteiger partial charge in [0.2, 0.25) is 11.8 Å². The number of nitrogens with one attached hydrogen (secondary N) is 1. The van der Waals surface area contributed by atoms with Gasteiger partial charge in [-0.3, -0.25) is 0 Å². The predicted molar refractivity (Wildman–Crippen MR) is 156 cm³/mol. The molecule has 0 saturated heterocycles. The minimum absolute atomic E-state index is 0.00665. The first-order valence-electron chi connectivity index (χ1n) is 12.6. The summed E-state index contributed by atoms with van der Waals surface area (Å²) in [5.41, 5.74) is 6.33. The van der Waals surface area contributed by atoms with E-state index < -0.39 is 0 Å². The zero-order valence-electron chi connectivity index (χ0n) is 23.0. The number of nitrogens with zero attached hydrogens (tertiary/aromatic N) is 4. The standard InChI is InChI=1S/C32H31N5O2/c1-8-20(3)13-14-25(9-2)34-32-35-26-15-16-37(6)29(26)31(36-32)39-30-21(4)17-24(18-22(30)5)28-23(19-33)11-10-12-27(28)38-7/h1,9-18,20H,2-7H3,(H,34,35,36)/b14-13-,25-9+. The van der Waals surface area contributed by atoms with Crippen molar-refractivity contribution in [2.24, 2.45) is 13.0 Å². The molecule has 0 spiro atoms. The molecule has 1 N–H and O–H groups in total. The van der Waals surface area contributed by atoms with Crippen LogP contribution in [0.4, 0.5) is 5.95 Å². The number of methoxy groups -OCH3 is 1. The number of aromatic nitrogens is 3. The Bertz CT molecular complexity index is 1660. The second kappa shape index (κ2) is 11.6. The van der Waals surface area contributed by atoms with E-state index in [1.165, 1.54) is 0 Å². The van der Waals surface area contributed by atoms with Crippen molar-refractivity contribution in [3.05, 3.63) is 83.2 Å². The van der Waals surface area contributed by atoms with E-state index in [1.807, 2.05) is 94.1 Å². The van der Waals surface area contributed by atoms with E-state index in [1.54, 1.807) is 13.2 Å². The molecule has 0 aliphatic heterocycles. The number of rotatable bonds is 8. The molecule has 1 atom stereocenters. The number of ether oxygens (including phenoxy) is 2. The summed E-state index contributed by atoms with van der Waals surface area (Å²) in [7, 11) is 3.54. The van der Waals surface area contributed by atoms with Gasteiger partial charge in [0.15, 0.2) is 0 Å². The van der Waals surface area contributed by atoms with Crippen molar-refractivity contribution in [3.8, 4) is 46.9 Å². The molecule has 0 saturated carbocycles. The van der Waals surface area contributed by atoms with E-state index in [4.69, 9.17) is 20.9 Å². The summed E-state index contributed by atoms with van der Waals surface area (Å²) in [6.07, 6.45) is 13.2. The fourth-order valence-electron chi connectivity index (χ4n) is 4.37. The number of aryl methyl sites for hydroxylation is 3. The van der Waals surface area contributed by atoms with E-state index in [0.29, 0.717) is 28.9 Å². The van der Waals surface area contributed by atoms with Gasteiger partial charge >= 0.3 is 0 Å². The Hall–Kier alpha value is -5.01. The number of benzene rings is 2. The number of fused-ring (bicyclic) bond motifs is 1. The van der Waals surface area contributed by atoms with Gasteiger partial charge in [0.05, 0.1) is 24.3 Å². The summed E-state index contributed by atoms with van der Waals surface area (Å²) in [5.74, 6) is 4.87. The maximum absolute atomic E-state index is 9.70. The van der Waals surface area contributed by atoms with Crippen LogP contribution < -0.4 is 14.8 Å². The van der Waals surface area contributed by atoms with Gasteiger partial charge in [-0.25, -0.2) is 4.98 Å². The smallest absolute Gasteiger partial charge is 0.249 e. The lowest BCUT2D eigenvalue weighted by molar-refractivity contribution is 0.416. The third-order valence-corrected chi connectivity index (χ3v) is 6.40. The maximum Gasteiger partial charge on any atom is 0.249 e. The molecule has 4 aromatic rings. The maximum atomic E-state index is 9.70. The molecule has 2 aromatic carbocycles. The van der Waals surface area contributed by atoms with Crippen molar-refractivity contribution < 1.29 is 9.47 Å². The van der Waals surface area contributed by atoms with Gasteiger partial charge in [0.1, 0.15) is 17.0 Å². The first-order valence-corrected chi connectivity index (χ1v) is 12.6. The molecule has 2 heterocycles. The molecule has 2 aromatic heterocycles. The van der Waals surface area contributed by atoms with Gasteiger partial charge in [0.25, 0.3) is 0 Å². The molecular formula is C32H31N5O2. The van der Waals surface area contributed by atoms with Crippen molar-refractivity contribution in [1.29, 1.82) is 5.26 Å². The van der Waals surface area contributed by atoms with Gasteiger partial charge in [-0.05, 0) is 80.8 Å². The summed E-state index contributed by atoms with van der Waals surface area (Å²) in [6, 6.07) is 13.7. The Kier molecular flexibility index (Phi) is 8.03. The Morgan fingerprint density at radius 3 is 2.56 bits per heavy atom. The van der Waals surface area contributed by atoms with Crippen molar-refractivity contribution in [1.82, 2.24) is 14.5 Å². The van der Waals surface area contributed by atoms with Crippen LogP contribution in [-0.2, 0) is 7.05 Å². The molecule has 196 valence electrons. The normalized spacial score (nSPS) is 12.3. The monoisotopic (exact) mass is 517 g/mol. The van der Waals surface area contributed by atoms with Crippen LogP contribution in [0.3, 0.4) is 0 Å². The summed E-state index contributed by atoms with van der Waals surface area (Å²) in [5, 5.41) is 13.0. The number of allylic oxidation sites excluding steroid dienone is 3. The Balaban J connectivity index is 1.75. The molecule has 0 bridgehead atoms. The summed E-state index contributed by atoms with van der Waals surface area (Å²) < 4.78 is 14.0. The number of nitriles is 1. The van der Waals surface area contributed by atoms with E-state index in [0.717, 1.165) is 39.0 Å². The molecule has 7 heteroatoms. The van der Waals surface area contributed by atoms with Crippen LogP contribution in [0.2, 0.25) is 0 Å². The predicted octanol–water partition coefficient (Wildman–Crippen LogP) is 7.07. The quantitative estimate of drug-likeness (QED) is 0.199. The van der Waals surface area contributed by atoms with E-state index in [-0.39, 0.29) is 5.92 Å². The van der Waals surface area contributed by atoms with Crippen LogP contribution in [0.1, 0.15) is 30.5 Å². The van der Waals surface area contributed by atoms with Crippen LogP contribution >= 0.6 is 0 Å². The van der Waals surface area contributed by atoms with Gasteiger partial charge in [-0.1, -0.05) is 24.1 Å². The second-order valence-electron chi connectivity index (χ2n) is 9.23. The lowest BCUT2D eigenvalue weighted by Gasteiger charge is -2.17. The van der Waals surface area contributed by atoms with Crippen molar-refractivity contribution >= 4 is 17.0 Å². The third-order valence-electron chi connectivity index (χ3n) is 6.40. The molecular weight excluding hydrogens is 486 g/mol. The molecule has 0 aliphatic carbocycles. The number of hydrogen-bond donors (Lipinski definition) is 1. The van der Waals surface area contributed by atoms with E-state index >= 15 is 0 Å². The number of terminal acetylenes is 1. The van der Waals surface area contributed by atoms with Crippen LogP contribution in [0.25, 0.3) is 22.2 Å². The molecule has 0 radical (unpaired) electrons. The molecule has 4 rings (SSSR count). The number of anilines is 1. The van der Waals surface area contributed by atoms with Crippen LogP contribution in [0, 0.1) is 43.4 Å². The van der Waals surface area contributed by atoms with Gasteiger partial charge in [-0.2, -0.15) is 10.2 Å². The zero-order chi connectivity index (χ0) is 28.1. The molecule has 0 aliphatic rings.